The Bertz CT molecular complexity index is 153. The third-order valence-electron chi connectivity index (χ3n) is 0.972. The van der Waals surface area contributed by atoms with Crippen molar-refractivity contribution >= 4 is 17.7 Å². The average molecular weight is 172 g/mol. The number of hydrogen-bond acceptors (Lipinski definition) is 3. The highest BCUT2D eigenvalue weighted by Gasteiger charge is 1.97. The van der Waals surface area contributed by atoms with Gasteiger partial charge >= 0.3 is 0 Å². The van der Waals surface area contributed by atoms with Gasteiger partial charge in [0, 0.05) is 6.54 Å². The molecule has 0 bridgehead atoms. The summed E-state index contributed by atoms with van der Waals surface area (Å²) in [5.41, 5.74) is 0. The molecule has 0 aromatic rings. The Kier molecular flexibility index (Phi) is 6.95. The standard InChI is InChI=1S/C7H12N2OS/c1-2-4-9-7(10)6-11-5-3-8/h2,4-6H2,1H3,(H,9,10). The van der Waals surface area contributed by atoms with Crippen molar-refractivity contribution in [2.45, 2.75) is 13.3 Å². The van der Waals surface area contributed by atoms with Crippen molar-refractivity contribution in [2.24, 2.45) is 0 Å². The quantitative estimate of drug-likeness (QED) is 0.623. The number of nitrogens with zero attached hydrogens (tertiary/aromatic N) is 1. The molecule has 0 aromatic carbocycles. The zero-order valence-corrected chi connectivity index (χ0v) is 7.41. The van der Waals surface area contributed by atoms with Crippen LogP contribution < -0.4 is 5.32 Å². The minimum absolute atomic E-state index is 0.0205. The minimum atomic E-state index is 0.0205. The maximum atomic E-state index is 10.8. The lowest BCUT2D eigenvalue weighted by atomic mass is 10.5. The molecule has 0 fully saturated rings. The highest BCUT2D eigenvalue weighted by Crippen LogP contribution is 1.96. The summed E-state index contributed by atoms with van der Waals surface area (Å²) in [6.07, 6.45) is 0.953. The molecule has 1 N–H and O–H groups in total. The zero-order valence-electron chi connectivity index (χ0n) is 6.59. The minimum Gasteiger partial charge on any atom is -0.355 e. The van der Waals surface area contributed by atoms with E-state index in [0.717, 1.165) is 13.0 Å². The monoisotopic (exact) mass is 172 g/mol. The number of thioether (sulfide) groups is 1. The van der Waals surface area contributed by atoms with Gasteiger partial charge in [-0.1, -0.05) is 6.92 Å². The van der Waals surface area contributed by atoms with Crippen LogP contribution in [-0.4, -0.2) is 24.0 Å². The van der Waals surface area contributed by atoms with Gasteiger partial charge in [-0.15, -0.1) is 11.8 Å². The van der Waals surface area contributed by atoms with Crippen molar-refractivity contribution < 1.29 is 4.79 Å². The Hall–Kier alpha value is -0.690. The van der Waals surface area contributed by atoms with E-state index in [-0.39, 0.29) is 5.91 Å². The highest BCUT2D eigenvalue weighted by atomic mass is 32.2. The molecule has 0 radical (unpaired) electrons. The van der Waals surface area contributed by atoms with Crippen LogP contribution in [0, 0.1) is 11.3 Å². The summed E-state index contributed by atoms with van der Waals surface area (Å²) in [7, 11) is 0. The molecule has 0 aromatic heterocycles. The Balaban J connectivity index is 3.17. The fourth-order valence-corrected chi connectivity index (χ4v) is 0.986. The fourth-order valence-electron chi connectivity index (χ4n) is 0.505. The van der Waals surface area contributed by atoms with Crippen molar-refractivity contribution in [3.05, 3.63) is 0 Å². The van der Waals surface area contributed by atoms with Crippen LogP contribution >= 0.6 is 11.8 Å². The molecule has 0 aliphatic heterocycles. The van der Waals surface area contributed by atoms with Crippen molar-refractivity contribution in [3.8, 4) is 6.07 Å². The van der Waals surface area contributed by atoms with Crippen LogP contribution in [0.3, 0.4) is 0 Å². The molecule has 0 saturated heterocycles. The molecule has 4 heteroatoms. The molecule has 0 aliphatic rings. The topological polar surface area (TPSA) is 52.9 Å². The number of nitrogens with one attached hydrogen (secondary N) is 1. The number of hydrogen-bond donors (Lipinski definition) is 1. The maximum Gasteiger partial charge on any atom is 0.230 e. The molecule has 0 rings (SSSR count). The van der Waals surface area contributed by atoms with Crippen molar-refractivity contribution in [1.29, 1.82) is 5.26 Å². The average Bonchev–Trinajstić information content (AvgIpc) is 2.01. The van der Waals surface area contributed by atoms with E-state index >= 15 is 0 Å². The first kappa shape index (κ1) is 10.3. The van der Waals surface area contributed by atoms with Crippen LogP contribution in [0.5, 0.6) is 0 Å². The molecule has 1 amide bonds. The predicted molar refractivity (Wildman–Crippen MR) is 46.2 cm³/mol. The lowest BCUT2D eigenvalue weighted by Crippen LogP contribution is -2.25. The van der Waals surface area contributed by atoms with E-state index in [4.69, 9.17) is 5.26 Å². The van der Waals surface area contributed by atoms with Crippen LogP contribution in [0.2, 0.25) is 0 Å². The summed E-state index contributed by atoms with van der Waals surface area (Å²) in [6, 6.07) is 1.96. The van der Waals surface area contributed by atoms with E-state index in [1.165, 1.54) is 11.8 Å². The number of rotatable bonds is 5. The Morgan fingerprint density at radius 3 is 3.00 bits per heavy atom. The van der Waals surface area contributed by atoms with E-state index < -0.39 is 0 Å². The van der Waals surface area contributed by atoms with E-state index in [9.17, 15) is 4.79 Å². The molecule has 0 spiro atoms. The second-order valence-electron chi connectivity index (χ2n) is 2.00. The normalized spacial score (nSPS) is 8.73. The van der Waals surface area contributed by atoms with Gasteiger partial charge in [0.25, 0.3) is 0 Å². The zero-order chi connectivity index (χ0) is 8.53. The second-order valence-corrected chi connectivity index (χ2v) is 2.99. The fraction of sp³-hybridized carbons (Fsp3) is 0.714. The molecular weight excluding hydrogens is 160 g/mol. The Morgan fingerprint density at radius 1 is 1.73 bits per heavy atom. The molecule has 0 atom stereocenters. The van der Waals surface area contributed by atoms with Crippen molar-refractivity contribution in [1.82, 2.24) is 5.32 Å². The lowest BCUT2D eigenvalue weighted by Gasteiger charge is -2.00. The SMILES string of the molecule is CCCNC(=O)CSCC#N. The van der Waals surface area contributed by atoms with Crippen LogP contribution in [0.1, 0.15) is 13.3 Å². The Labute approximate surface area is 71.2 Å². The first-order valence-electron chi connectivity index (χ1n) is 3.52. The first-order chi connectivity index (χ1) is 5.31. The van der Waals surface area contributed by atoms with Gasteiger partial charge in [0.15, 0.2) is 0 Å². The molecule has 0 saturated carbocycles. The summed E-state index contributed by atoms with van der Waals surface area (Å²) in [6.45, 7) is 2.73. The van der Waals surface area contributed by atoms with Gasteiger partial charge in [0.05, 0.1) is 17.6 Å². The van der Waals surface area contributed by atoms with E-state index in [0.29, 0.717) is 11.5 Å². The lowest BCUT2D eigenvalue weighted by molar-refractivity contribution is -0.118. The molecular formula is C7H12N2OS. The molecule has 0 aliphatic carbocycles. The van der Waals surface area contributed by atoms with Gasteiger partial charge in [0.1, 0.15) is 0 Å². The third kappa shape index (κ3) is 7.20. The van der Waals surface area contributed by atoms with Gasteiger partial charge in [-0.25, -0.2) is 0 Å². The molecule has 11 heavy (non-hydrogen) atoms. The van der Waals surface area contributed by atoms with Gasteiger partial charge < -0.3 is 5.32 Å². The maximum absolute atomic E-state index is 10.8. The number of amides is 1. The summed E-state index contributed by atoms with van der Waals surface area (Å²) < 4.78 is 0. The summed E-state index contributed by atoms with van der Waals surface area (Å²) in [4.78, 5) is 10.8. The molecule has 0 unspecified atom stereocenters. The molecule has 3 nitrogen and oxygen atoms in total. The van der Waals surface area contributed by atoms with E-state index in [2.05, 4.69) is 5.32 Å². The van der Waals surface area contributed by atoms with Crippen LogP contribution in [0.25, 0.3) is 0 Å². The van der Waals surface area contributed by atoms with E-state index in [1.54, 1.807) is 0 Å². The molecule has 62 valence electrons. The number of nitriles is 1. The summed E-state index contributed by atoms with van der Waals surface area (Å²) >= 11 is 1.34. The van der Waals surface area contributed by atoms with Gasteiger partial charge in [-0.2, -0.15) is 5.26 Å². The number of carbonyl (C=O) groups excluding carboxylic acids is 1. The van der Waals surface area contributed by atoms with Crippen molar-refractivity contribution in [2.75, 3.05) is 18.1 Å². The molecule has 0 heterocycles. The van der Waals surface area contributed by atoms with Crippen LogP contribution in [0.4, 0.5) is 0 Å². The van der Waals surface area contributed by atoms with Gasteiger partial charge in [0.2, 0.25) is 5.91 Å². The Morgan fingerprint density at radius 2 is 2.45 bits per heavy atom. The highest BCUT2D eigenvalue weighted by molar-refractivity contribution is 8.00. The second kappa shape index (κ2) is 7.42. The summed E-state index contributed by atoms with van der Waals surface area (Å²) in [5.74, 6) is 0.805. The van der Waals surface area contributed by atoms with Crippen LogP contribution in [0.15, 0.2) is 0 Å². The smallest absolute Gasteiger partial charge is 0.230 e. The van der Waals surface area contributed by atoms with Crippen LogP contribution in [-0.2, 0) is 4.79 Å². The third-order valence-corrected chi connectivity index (χ3v) is 1.77. The number of carbonyl (C=O) groups is 1. The van der Waals surface area contributed by atoms with E-state index in [1.807, 2.05) is 13.0 Å². The summed E-state index contributed by atoms with van der Waals surface area (Å²) in [5, 5.41) is 10.9. The van der Waals surface area contributed by atoms with Gasteiger partial charge in [-0.3, -0.25) is 4.79 Å². The largest absolute Gasteiger partial charge is 0.355 e. The van der Waals surface area contributed by atoms with Gasteiger partial charge in [-0.05, 0) is 6.42 Å². The predicted octanol–water partition coefficient (Wildman–Crippen LogP) is 0.769. The van der Waals surface area contributed by atoms with Crippen molar-refractivity contribution in [3.63, 3.8) is 0 Å². The first-order valence-corrected chi connectivity index (χ1v) is 4.68.